The maximum atomic E-state index is 11.5. The first-order valence-corrected chi connectivity index (χ1v) is 11.1. The van der Waals surface area contributed by atoms with Gasteiger partial charge in [0.25, 0.3) is 0 Å². The highest BCUT2D eigenvalue weighted by molar-refractivity contribution is 14.0. The third kappa shape index (κ3) is 8.61. The molecule has 2 N–H and O–H groups in total. The Kier molecular flexibility index (Phi) is 10.3. The largest absolute Gasteiger partial charge is 0.357 e. The molecule has 27 heavy (non-hydrogen) atoms. The number of rotatable bonds is 7. The standard InChI is InChI=1S/C19H24BrN3O2S.HI/c1-3-21-19(23-14-16-5-4-6-17(20)13-16)22-12-11-15-7-9-18(10-8-15)26(2,24)25;/h4-10,13H,3,11-12,14H2,1-2H3,(H2,21,22,23);1H. The number of guanidine groups is 1. The summed E-state index contributed by atoms with van der Waals surface area (Å²) in [7, 11) is -3.15. The van der Waals surface area contributed by atoms with Crippen LogP contribution in [0.25, 0.3) is 0 Å². The minimum Gasteiger partial charge on any atom is -0.357 e. The highest BCUT2D eigenvalue weighted by Gasteiger charge is 2.06. The number of nitrogens with one attached hydrogen (secondary N) is 2. The summed E-state index contributed by atoms with van der Waals surface area (Å²) < 4.78 is 24.0. The predicted octanol–water partition coefficient (Wildman–Crippen LogP) is 3.77. The second-order valence-corrected chi connectivity index (χ2v) is 8.85. The van der Waals surface area contributed by atoms with Crippen LogP contribution in [0.1, 0.15) is 18.1 Å². The van der Waals surface area contributed by atoms with Crippen molar-refractivity contribution in [3.8, 4) is 0 Å². The number of sulfone groups is 1. The fourth-order valence-corrected chi connectivity index (χ4v) is 3.45. The van der Waals surface area contributed by atoms with Crippen molar-refractivity contribution in [3.63, 3.8) is 0 Å². The van der Waals surface area contributed by atoms with Crippen LogP contribution >= 0.6 is 39.9 Å². The second-order valence-electron chi connectivity index (χ2n) is 5.92. The first kappa shape index (κ1) is 23.9. The molecule has 8 heteroatoms. The van der Waals surface area contributed by atoms with Crippen LogP contribution in [0.2, 0.25) is 0 Å². The fraction of sp³-hybridized carbons (Fsp3) is 0.316. The summed E-state index contributed by atoms with van der Waals surface area (Å²) in [5.41, 5.74) is 2.21. The van der Waals surface area contributed by atoms with Gasteiger partial charge >= 0.3 is 0 Å². The summed E-state index contributed by atoms with van der Waals surface area (Å²) in [6.45, 7) is 4.12. The number of benzene rings is 2. The maximum absolute atomic E-state index is 11.5. The van der Waals surface area contributed by atoms with Gasteiger partial charge in [-0.05, 0) is 48.7 Å². The van der Waals surface area contributed by atoms with Crippen LogP contribution in [0, 0.1) is 0 Å². The summed E-state index contributed by atoms with van der Waals surface area (Å²) in [5.74, 6) is 0.764. The van der Waals surface area contributed by atoms with E-state index >= 15 is 0 Å². The zero-order valence-electron chi connectivity index (χ0n) is 15.4. The quantitative estimate of drug-likeness (QED) is 0.305. The monoisotopic (exact) mass is 565 g/mol. The van der Waals surface area contributed by atoms with Crippen molar-refractivity contribution >= 4 is 55.7 Å². The normalized spacial score (nSPS) is 11.6. The van der Waals surface area contributed by atoms with Gasteiger partial charge in [0.15, 0.2) is 15.8 Å². The summed E-state index contributed by atoms with van der Waals surface area (Å²) in [5, 5.41) is 6.54. The van der Waals surface area contributed by atoms with Gasteiger partial charge in [-0.3, -0.25) is 0 Å². The van der Waals surface area contributed by atoms with Gasteiger partial charge in [-0.2, -0.15) is 0 Å². The highest BCUT2D eigenvalue weighted by atomic mass is 127. The number of nitrogens with zero attached hydrogens (tertiary/aromatic N) is 1. The van der Waals surface area contributed by atoms with Crippen molar-refractivity contribution in [2.24, 2.45) is 4.99 Å². The van der Waals surface area contributed by atoms with Gasteiger partial charge in [-0.1, -0.05) is 40.2 Å². The fourth-order valence-electron chi connectivity index (χ4n) is 2.38. The lowest BCUT2D eigenvalue weighted by Crippen LogP contribution is -2.38. The maximum Gasteiger partial charge on any atom is 0.191 e. The molecule has 0 aliphatic rings. The minimum absolute atomic E-state index is 0. The summed E-state index contributed by atoms with van der Waals surface area (Å²) in [6, 6.07) is 15.1. The Hall–Kier alpha value is -1.13. The van der Waals surface area contributed by atoms with E-state index < -0.39 is 9.84 Å². The number of halogens is 2. The third-order valence-corrected chi connectivity index (χ3v) is 5.33. The van der Waals surface area contributed by atoms with Gasteiger partial charge < -0.3 is 10.6 Å². The average molecular weight is 566 g/mol. The zero-order chi connectivity index (χ0) is 19.0. The lowest BCUT2D eigenvalue weighted by Gasteiger charge is -2.11. The molecule has 0 fully saturated rings. The average Bonchev–Trinajstić information content (AvgIpc) is 2.59. The molecule has 2 aromatic carbocycles. The van der Waals surface area contributed by atoms with E-state index in [1.165, 1.54) is 6.26 Å². The highest BCUT2D eigenvalue weighted by Crippen LogP contribution is 2.12. The van der Waals surface area contributed by atoms with Gasteiger partial charge in [0.05, 0.1) is 11.4 Å². The topological polar surface area (TPSA) is 70.6 Å². The molecule has 0 spiro atoms. The molecule has 0 amide bonds. The Labute approximate surface area is 187 Å². The van der Waals surface area contributed by atoms with E-state index in [9.17, 15) is 8.42 Å². The Morgan fingerprint density at radius 3 is 2.37 bits per heavy atom. The van der Waals surface area contributed by atoms with Crippen molar-refractivity contribution < 1.29 is 8.42 Å². The van der Waals surface area contributed by atoms with Crippen molar-refractivity contribution in [1.82, 2.24) is 10.6 Å². The van der Waals surface area contributed by atoms with E-state index in [1.807, 2.05) is 37.3 Å². The van der Waals surface area contributed by atoms with E-state index in [-0.39, 0.29) is 24.0 Å². The van der Waals surface area contributed by atoms with Crippen LogP contribution in [0.15, 0.2) is 62.9 Å². The molecule has 0 aromatic heterocycles. The smallest absolute Gasteiger partial charge is 0.191 e. The van der Waals surface area contributed by atoms with Gasteiger partial charge in [-0.15, -0.1) is 24.0 Å². The first-order valence-electron chi connectivity index (χ1n) is 8.44. The molecule has 0 saturated carbocycles. The Morgan fingerprint density at radius 1 is 1.07 bits per heavy atom. The first-order chi connectivity index (χ1) is 12.4. The SMILES string of the molecule is CCNC(=NCc1cccc(Br)c1)NCCc1ccc(S(C)(=O)=O)cc1.I. The second kappa shape index (κ2) is 11.7. The van der Waals surface area contributed by atoms with Gasteiger partial charge in [0.1, 0.15) is 0 Å². The molecule has 5 nitrogen and oxygen atoms in total. The van der Waals surface area contributed by atoms with Crippen LogP contribution in [-0.4, -0.2) is 33.7 Å². The molecule has 148 valence electrons. The lowest BCUT2D eigenvalue weighted by molar-refractivity contribution is 0.602. The van der Waals surface area contributed by atoms with Crippen LogP contribution in [0.3, 0.4) is 0 Å². The van der Waals surface area contributed by atoms with Gasteiger partial charge in [0.2, 0.25) is 0 Å². The minimum atomic E-state index is -3.15. The Bertz CT molecular complexity index is 856. The molecule has 0 saturated heterocycles. The molecule has 0 bridgehead atoms. The van der Waals surface area contributed by atoms with Gasteiger partial charge in [-0.25, -0.2) is 13.4 Å². The van der Waals surface area contributed by atoms with Crippen LogP contribution in [-0.2, 0) is 22.8 Å². The van der Waals surface area contributed by atoms with Crippen molar-refractivity contribution in [2.75, 3.05) is 19.3 Å². The van der Waals surface area contributed by atoms with Crippen LogP contribution in [0.4, 0.5) is 0 Å². The molecule has 0 radical (unpaired) electrons. The molecule has 2 rings (SSSR count). The Balaban J connectivity index is 0.00000364. The van der Waals surface area contributed by atoms with Gasteiger partial charge in [0, 0.05) is 23.8 Å². The summed E-state index contributed by atoms with van der Waals surface area (Å²) >= 11 is 3.47. The van der Waals surface area contributed by atoms with Crippen molar-refractivity contribution in [3.05, 3.63) is 64.1 Å². The summed E-state index contributed by atoms with van der Waals surface area (Å²) in [6.07, 6.45) is 2.00. The number of aliphatic imine (C=N–C) groups is 1. The van der Waals surface area contributed by atoms with Crippen molar-refractivity contribution in [1.29, 1.82) is 0 Å². The Morgan fingerprint density at radius 2 is 1.78 bits per heavy atom. The molecule has 0 atom stereocenters. The third-order valence-electron chi connectivity index (χ3n) is 3.71. The summed E-state index contributed by atoms with van der Waals surface area (Å²) in [4.78, 5) is 4.94. The molecule has 0 unspecified atom stereocenters. The zero-order valence-corrected chi connectivity index (χ0v) is 20.1. The van der Waals surface area contributed by atoms with Crippen molar-refractivity contribution in [2.45, 2.75) is 24.8 Å². The molecule has 0 aliphatic heterocycles. The van der Waals surface area contributed by atoms with Crippen LogP contribution < -0.4 is 10.6 Å². The van der Waals surface area contributed by atoms with E-state index in [2.05, 4.69) is 37.6 Å². The van der Waals surface area contributed by atoms with Crippen LogP contribution in [0.5, 0.6) is 0 Å². The molecule has 0 heterocycles. The molecular formula is C19H25BrIN3O2S. The van der Waals surface area contributed by atoms with E-state index in [4.69, 9.17) is 0 Å². The molecular weight excluding hydrogens is 541 g/mol. The number of hydrogen-bond acceptors (Lipinski definition) is 3. The molecule has 2 aromatic rings. The van der Waals surface area contributed by atoms with E-state index in [1.54, 1.807) is 12.1 Å². The van der Waals surface area contributed by atoms with E-state index in [0.717, 1.165) is 34.5 Å². The number of hydrogen-bond donors (Lipinski definition) is 2. The van der Waals surface area contributed by atoms with E-state index in [0.29, 0.717) is 18.0 Å². The lowest BCUT2D eigenvalue weighted by atomic mass is 10.1. The predicted molar refractivity (Wildman–Crippen MR) is 126 cm³/mol. The molecule has 0 aliphatic carbocycles.